The van der Waals surface area contributed by atoms with Gasteiger partial charge in [0, 0.05) is 25.0 Å². The molecule has 0 bridgehead atoms. The Morgan fingerprint density at radius 2 is 2.09 bits per heavy atom. The smallest absolute Gasteiger partial charge is 0.256 e. The summed E-state index contributed by atoms with van der Waals surface area (Å²) in [5, 5.41) is 11.5. The van der Waals surface area contributed by atoms with Crippen LogP contribution in [0.5, 0.6) is 0 Å². The number of nitrogens with one attached hydrogen (secondary N) is 2. The molecule has 1 aromatic heterocycles. The molecule has 2 saturated heterocycles. The van der Waals surface area contributed by atoms with Gasteiger partial charge < -0.3 is 10.2 Å². The van der Waals surface area contributed by atoms with Crippen LogP contribution in [-0.4, -0.2) is 47.2 Å². The van der Waals surface area contributed by atoms with Gasteiger partial charge in [0.2, 0.25) is 0 Å². The van der Waals surface area contributed by atoms with Crippen molar-refractivity contribution in [3.63, 3.8) is 0 Å². The summed E-state index contributed by atoms with van der Waals surface area (Å²) >= 11 is 0. The number of amides is 1. The van der Waals surface area contributed by atoms with Gasteiger partial charge in [-0.2, -0.15) is 5.10 Å². The molecule has 2 fully saturated rings. The first-order chi connectivity index (χ1) is 10.7. The first-order valence-corrected chi connectivity index (χ1v) is 8.11. The van der Waals surface area contributed by atoms with Crippen LogP contribution in [0.15, 0.2) is 18.3 Å². The highest BCUT2D eigenvalue weighted by Gasteiger charge is 2.38. The van der Waals surface area contributed by atoms with E-state index in [0.717, 1.165) is 61.1 Å². The SMILES string of the molecule is Cc1cc(C(=O)N2CCC3(CCNC3)CC2)c2[nH]ncc2c1. The van der Waals surface area contributed by atoms with Crippen molar-refractivity contribution in [1.29, 1.82) is 0 Å². The lowest BCUT2D eigenvalue weighted by Crippen LogP contribution is -2.44. The molecule has 2 N–H and O–H groups in total. The van der Waals surface area contributed by atoms with Crippen LogP contribution in [0.4, 0.5) is 0 Å². The van der Waals surface area contributed by atoms with Crippen LogP contribution >= 0.6 is 0 Å². The summed E-state index contributed by atoms with van der Waals surface area (Å²) in [6, 6.07) is 4.04. The Bertz CT molecular complexity index is 705. The molecule has 5 heteroatoms. The second-order valence-corrected chi connectivity index (χ2v) is 6.87. The molecule has 2 aliphatic rings. The lowest BCUT2D eigenvalue weighted by atomic mass is 9.77. The largest absolute Gasteiger partial charge is 0.339 e. The number of likely N-dealkylation sites (tertiary alicyclic amines) is 1. The van der Waals surface area contributed by atoms with Crippen LogP contribution < -0.4 is 5.32 Å². The number of hydrogen-bond acceptors (Lipinski definition) is 3. The minimum absolute atomic E-state index is 0.138. The number of benzene rings is 1. The van der Waals surface area contributed by atoms with Gasteiger partial charge in [0.1, 0.15) is 0 Å². The van der Waals surface area contributed by atoms with Gasteiger partial charge in [-0.25, -0.2) is 0 Å². The van der Waals surface area contributed by atoms with E-state index in [2.05, 4.69) is 21.6 Å². The molecule has 116 valence electrons. The Balaban J connectivity index is 1.58. The molecule has 2 aliphatic heterocycles. The number of aromatic amines is 1. The topological polar surface area (TPSA) is 61.0 Å². The van der Waals surface area contributed by atoms with Crippen molar-refractivity contribution in [2.45, 2.75) is 26.2 Å². The number of carbonyl (C=O) groups is 1. The van der Waals surface area contributed by atoms with Crippen molar-refractivity contribution in [3.05, 3.63) is 29.5 Å². The lowest BCUT2D eigenvalue weighted by Gasteiger charge is -2.39. The summed E-state index contributed by atoms with van der Waals surface area (Å²) in [6.45, 7) is 6.00. The molecular weight excluding hydrogens is 276 g/mol. The van der Waals surface area contributed by atoms with E-state index in [-0.39, 0.29) is 5.91 Å². The van der Waals surface area contributed by atoms with Gasteiger partial charge in [0.05, 0.1) is 17.3 Å². The molecule has 4 rings (SSSR count). The van der Waals surface area contributed by atoms with E-state index in [9.17, 15) is 4.79 Å². The fourth-order valence-electron chi connectivity index (χ4n) is 3.95. The monoisotopic (exact) mass is 298 g/mol. The normalized spacial score (nSPS) is 20.9. The van der Waals surface area contributed by atoms with Crippen molar-refractivity contribution in [2.24, 2.45) is 5.41 Å². The summed E-state index contributed by atoms with van der Waals surface area (Å²) in [7, 11) is 0. The molecule has 22 heavy (non-hydrogen) atoms. The van der Waals surface area contributed by atoms with E-state index >= 15 is 0 Å². The highest BCUT2D eigenvalue weighted by molar-refractivity contribution is 6.05. The fraction of sp³-hybridized carbons (Fsp3) is 0.529. The predicted molar refractivity (Wildman–Crippen MR) is 85.9 cm³/mol. The van der Waals surface area contributed by atoms with Crippen molar-refractivity contribution in [3.8, 4) is 0 Å². The first-order valence-electron chi connectivity index (χ1n) is 8.11. The Morgan fingerprint density at radius 3 is 2.82 bits per heavy atom. The van der Waals surface area contributed by atoms with Crippen molar-refractivity contribution >= 4 is 16.8 Å². The summed E-state index contributed by atoms with van der Waals surface area (Å²) in [4.78, 5) is 14.9. The average molecular weight is 298 g/mol. The van der Waals surface area contributed by atoms with Crippen LogP contribution in [0.3, 0.4) is 0 Å². The molecule has 0 saturated carbocycles. The third-order valence-electron chi connectivity index (χ3n) is 5.37. The van der Waals surface area contributed by atoms with Gasteiger partial charge in [-0.3, -0.25) is 9.89 Å². The maximum absolute atomic E-state index is 12.9. The molecule has 5 nitrogen and oxygen atoms in total. The van der Waals surface area contributed by atoms with E-state index in [1.807, 2.05) is 17.9 Å². The zero-order valence-electron chi connectivity index (χ0n) is 13.0. The van der Waals surface area contributed by atoms with Crippen molar-refractivity contribution in [2.75, 3.05) is 26.2 Å². The minimum atomic E-state index is 0.138. The molecule has 0 atom stereocenters. The van der Waals surface area contributed by atoms with E-state index in [0.29, 0.717) is 5.41 Å². The third kappa shape index (κ3) is 2.20. The van der Waals surface area contributed by atoms with Crippen molar-refractivity contribution < 1.29 is 4.79 Å². The molecule has 0 aliphatic carbocycles. The van der Waals surface area contributed by atoms with E-state index in [1.165, 1.54) is 6.42 Å². The van der Waals surface area contributed by atoms with E-state index < -0.39 is 0 Å². The number of piperidine rings is 1. The fourth-order valence-corrected chi connectivity index (χ4v) is 3.95. The number of H-pyrrole nitrogens is 1. The van der Waals surface area contributed by atoms with Crippen LogP contribution in [-0.2, 0) is 0 Å². The minimum Gasteiger partial charge on any atom is -0.339 e. The first kappa shape index (κ1) is 13.8. The maximum Gasteiger partial charge on any atom is 0.256 e. The van der Waals surface area contributed by atoms with Crippen LogP contribution in [0.25, 0.3) is 10.9 Å². The van der Waals surface area contributed by atoms with Gasteiger partial charge in [-0.05, 0) is 55.8 Å². The Kier molecular flexibility index (Phi) is 3.18. The number of nitrogens with zero attached hydrogens (tertiary/aromatic N) is 2. The summed E-state index contributed by atoms with van der Waals surface area (Å²) in [6.07, 6.45) is 5.27. The van der Waals surface area contributed by atoms with Gasteiger partial charge in [-0.15, -0.1) is 0 Å². The summed E-state index contributed by atoms with van der Waals surface area (Å²) in [5.74, 6) is 0.138. The molecule has 0 radical (unpaired) electrons. The Morgan fingerprint density at radius 1 is 1.27 bits per heavy atom. The zero-order valence-corrected chi connectivity index (χ0v) is 13.0. The van der Waals surface area contributed by atoms with Crippen LogP contribution in [0, 0.1) is 12.3 Å². The lowest BCUT2D eigenvalue weighted by molar-refractivity contribution is 0.0609. The van der Waals surface area contributed by atoms with E-state index in [1.54, 1.807) is 6.20 Å². The van der Waals surface area contributed by atoms with Gasteiger partial charge in [0.15, 0.2) is 0 Å². The number of carbonyl (C=O) groups excluding carboxylic acids is 1. The number of hydrogen-bond donors (Lipinski definition) is 2. The molecule has 1 spiro atoms. The summed E-state index contributed by atoms with van der Waals surface area (Å²) < 4.78 is 0. The molecule has 2 aromatic rings. The van der Waals surface area contributed by atoms with Crippen LogP contribution in [0.2, 0.25) is 0 Å². The maximum atomic E-state index is 12.9. The second-order valence-electron chi connectivity index (χ2n) is 6.87. The number of aryl methyl sites for hydroxylation is 1. The predicted octanol–water partition coefficient (Wildman–Crippen LogP) is 2.09. The standard InChI is InChI=1S/C17H22N4O/c1-12-8-13-10-19-20-15(13)14(9-12)16(22)21-6-3-17(4-7-21)2-5-18-11-17/h8-10,18H,2-7,11H2,1H3,(H,19,20). The zero-order chi connectivity index (χ0) is 15.2. The average Bonchev–Trinajstić information content (AvgIpc) is 3.16. The Labute approximate surface area is 130 Å². The van der Waals surface area contributed by atoms with Gasteiger partial charge >= 0.3 is 0 Å². The molecule has 1 aromatic carbocycles. The quantitative estimate of drug-likeness (QED) is 0.847. The molecular formula is C17H22N4O. The second kappa shape index (κ2) is 5.09. The van der Waals surface area contributed by atoms with Gasteiger partial charge in [0.25, 0.3) is 5.91 Å². The number of aromatic nitrogens is 2. The third-order valence-corrected chi connectivity index (χ3v) is 5.37. The number of fused-ring (bicyclic) bond motifs is 1. The van der Waals surface area contributed by atoms with Gasteiger partial charge in [-0.1, -0.05) is 0 Å². The van der Waals surface area contributed by atoms with E-state index in [4.69, 9.17) is 0 Å². The van der Waals surface area contributed by atoms with Crippen LogP contribution in [0.1, 0.15) is 35.2 Å². The molecule has 1 amide bonds. The Hall–Kier alpha value is -1.88. The highest BCUT2D eigenvalue weighted by atomic mass is 16.2. The molecule has 0 unspecified atom stereocenters. The highest BCUT2D eigenvalue weighted by Crippen LogP contribution is 2.37. The summed E-state index contributed by atoms with van der Waals surface area (Å²) in [5.41, 5.74) is 3.16. The van der Waals surface area contributed by atoms with Crippen molar-refractivity contribution in [1.82, 2.24) is 20.4 Å². The molecule has 3 heterocycles. The number of rotatable bonds is 1.